The van der Waals surface area contributed by atoms with Gasteiger partial charge in [0.25, 0.3) is 0 Å². The topological polar surface area (TPSA) is 59.6 Å². The lowest BCUT2D eigenvalue weighted by molar-refractivity contribution is 1.13. The predicted octanol–water partition coefficient (Wildman–Crippen LogP) is 2.91. The SMILES string of the molecule is N#CC(C#N)=CNc1ccccc1C1CC1. The van der Waals surface area contributed by atoms with Gasteiger partial charge in [-0.1, -0.05) is 18.2 Å². The first kappa shape index (κ1) is 10.3. The molecule has 1 aromatic rings. The van der Waals surface area contributed by atoms with E-state index in [1.165, 1.54) is 24.6 Å². The number of rotatable bonds is 3. The predicted molar refractivity (Wildman–Crippen MR) is 61.3 cm³/mol. The molecule has 0 unspecified atom stereocenters. The molecule has 1 aliphatic rings. The van der Waals surface area contributed by atoms with Gasteiger partial charge < -0.3 is 5.32 Å². The summed E-state index contributed by atoms with van der Waals surface area (Å²) in [7, 11) is 0. The monoisotopic (exact) mass is 209 g/mol. The third kappa shape index (κ3) is 2.21. The van der Waals surface area contributed by atoms with E-state index < -0.39 is 0 Å². The highest BCUT2D eigenvalue weighted by Crippen LogP contribution is 2.43. The summed E-state index contributed by atoms with van der Waals surface area (Å²) in [6.45, 7) is 0. The van der Waals surface area contributed by atoms with E-state index >= 15 is 0 Å². The van der Waals surface area contributed by atoms with E-state index in [4.69, 9.17) is 10.5 Å². The fraction of sp³-hybridized carbons (Fsp3) is 0.231. The smallest absolute Gasteiger partial charge is 0.145 e. The maximum absolute atomic E-state index is 8.61. The van der Waals surface area contributed by atoms with E-state index in [1.807, 2.05) is 30.3 Å². The first-order valence-electron chi connectivity index (χ1n) is 5.21. The molecule has 1 saturated carbocycles. The van der Waals surface area contributed by atoms with Crippen molar-refractivity contribution in [3.8, 4) is 12.1 Å². The molecule has 3 nitrogen and oxygen atoms in total. The van der Waals surface area contributed by atoms with Crippen LogP contribution in [0.1, 0.15) is 24.3 Å². The van der Waals surface area contributed by atoms with E-state index in [0.29, 0.717) is 5.92 Å². The molecule has 1 fully saturated rings. The zero-order chi connectivity index (χ0) is 11.4. The van der Waals surface area contributed by atoms with E-state index in [1.54, 1.807) is 0 Å². The standard InChI is InChI=1S/C13H11N3/c14-7-10(8-15)9-16-13-4-2-1-3-12(13)11-5-6-11/h1-4,9,11,16H,5-6H2. The molecule has 2 rings (SSSR count). The van der Waals surface area contributed by atoms with Gasteiger partial charge in [0.1, 0.15) is 17.7 Å². The maximum atomic E-state index is 8.61. The summed E-state index contributed by atoms with van der Waals surface area (Å²) in [5, 5.41) is 20.3. The van der Waals surface area contributed by atoms with Crippen LogP contribution < -0.4 is 5.32 Å². The summed E-state index contributed by atoms with van der Waals surface area (Å²) >= 11 is 0. The van der Waals surface area contributed by atoms with Crippen LogP contribution in [-0.2, 0) is 0 Å². The van der Waals surface area contributed by atoms with Gasteiger partial charge in [-0.3, -0.25) is 0 Å². The van der Waals surface area contributed by atoms with Crippen molar-refractivity contribution in [3.63, 3.8) is 0 Å². The van der Waals surface area contributed by atoms with E-state index in [2.05, 4.69) is 11.4 Å². The van der Waals surface area contributed by atoms with Gasteiger partial charge in [-0.25, -0.2) is 0 Å². The fourth-order valence-electron chi connectivity index (χ4n) is 1.62. The second kappa shape index (κ2) is 4.51. The molecule has 78 valence electrons. The van der Waals surface area contributed by atoms with Gasteiger partial charge in [-0.2, -0.15) is 10.5 Å². The van der Waals surface area contributed by atoms with Crippen molar-refractivity contribution >= 4 is 5.69 Å². The number of hydrogen-bond acceptors (Lipinski definition) is 3. The molecule has 0 saturated heterocycles. The Labute approximate surface area is 94.6 Å². The van der Waals surface area contributed by atoms with Crippen molar-refractivity contribution in [3.05, 3.63) is 41.6 Å². The number of hydrogen-bond donors (Lipinski definition) is 1. The molecule has 0 spiro atoms. The van der Waals surface area contributed by atoms with Crippen molar-refractivity contribution in [2.45, 2.75) is 18.8 Å². The zero-order valence-corrected chi connectivity index (χ0v) is 8.77. The lowest BCUT2D eigenvalue weighted by Crippen LogP contribution is -1.94. The van der Waals surface area contributed by atoms with Crippen LogP contribution in [-0.4, -0.2) is 0 Å². The first-order chi connectivity index (χ1) is 7.85. The summed E-state index contributed by atoms with van der Waals surface area (Å²) in [4.78, 5) is 0. The fourth-order valence-corrected chi connectivity index (χ4v) is 1.62. The third-order valence-corrected chi connectivity index (χ3v) is 2.59. The van der Waals surface area contributed by atoms with Gasteiger partial charge in [-0.15, -0.1) is 0 Å². The van der Waals surface area contributed by atoms with Crippen LogP contribution >= 0.6 is 0 Å². The second-order valence-corrected chi connectivity index (χ2v) is 3.79. The number of anilines is 1. The lowest BCUT2D eigenvalue weighted by atomic mass is 10.1. The van der Waals surface area contributed by atoms with E-state index in [-0.39, 0.29) is 5.57 Å². The number of nitriles is 2. The molecule has 0 radical (unpaired) electrons. The molecule has 1 aromatic carbocycles. The average Bonchev–Trinajstić information content (AvgIpc) is 3.15. The minimum atomic E-state index is 0.0885. The first-order valence-corrected chi connectivity index (χ1v) is 5.21. The zero-order valence-electron chi connectivity index (χ0n) is 8.77. The van der Waals surface area contributed by atoms with Crippen LogP contribution in [0.3, 0.4) is 0 Å². The second-order valence-electron chi connectivity index (χ2n) is 3.79. The van der Waals surface area contributed by atoms with Crippen molar-refractivity contribution in [1.82, 2.24) is 0 Å². The molecule has 16 heavy (non-hydrogen) atoms. The Kier molecular flexibility index (Phi) is 2.89. The minimum absolute atomic E-state index is 0.0885. The quantitative estimate of drug-likeness (QED) is 0.778. The molecule has 1 N–H and O–H groups in total. The third-order valence-electron chi connectivity index (χ3n) is 2.59. The Morgan fingerprint density at radius 3 is 2.56 bits per heavy atom. The van der Waals surface area contributed by atoms with Crippen LogP contribution in [0.2, 0.25) is 0 Å². The Morgan fingerprint density at radius 2 is 1.94 bits per heavy atom. The molecule has 1 aliphatic carbocycles. The molecular formula is C13H11N3. The van der Waals surface area contributed by atoms with Crippen LogP contribution in [0.15, 0.2) is 36.0 Å². The Morgan fingerprint density at radius 1 is 1.25 bits per heavy atom. The van der Waals surface area contributed by atoms with E-state index in [9.17, 15) is 0 Å². The highest BCUT2D eigenvalue weighted by Gasteiger charge is 2.25. The minimum Gasteiger partial charge on any atom is -0.360 e. The average molecular weight is 209 g/mol. The van der Waals surface area contributed by atoms with Gasteiger partial charge in [0, 0.05) is 11.9 Å². The van der Waals surface area contributed by atoms with Crippen LogP contribution in [0.25, 0.3) is 0 Å². The van der Waals surface area contributed by atoms with Crippen LogP contribution in [0.4, 0.5) is 5.69 Å². The number of nitrogens with one attached hydrogen (secondary N) is 1. The van der Waals surface area contributed by atoms with Crippen molar-refractivity contribution in [1.29, 1.82) is 10.5 Å². The van der Waals surface area contributed by atoms with Crippen molar-refractivity contribution in [2.24, 2.45) is 0 Å². The molecule has 0 atom stereocenters. The van der Waals surface area contributed by atoms with Gasteiger partial charge in [-0.05, 0) is 30.4 Å². The molecule has 3 heteroatoms. The molecule has 0 heterocycles. The van der Waals surface area contributed by atoms with Gasteiger partial charge in [0.15, 0.2) is 0 Å². The summed E-state index contributed by atoms with van der Waals surface area (Å²) in [5.74, 6) is 0.643. The Hall–Kier alpha value is -2.26. The van der Waals surface area contributed by atoms with Gasteiger partial charge in [0.2, 0.25) is 0 Å². The largest absolute Gasteiger partial charge is 0.360 e. The molecule has 0 aliphatic heterocycles. The van der Waals surface area contributed by atoms with Crippen LogP contribution in [0.5, 0.6) is 0 Å². The summed E-state index contributed by atoms with van der Waals surface area (Å²) in [6.07, 6.45) is 3.92. The van der Waals surface area contributed by atoms with Crippen LogP contribution in [0, 0.1) is 22.7 Å². The number of benzene rings is 1. The Balaban J connectivity index is 2.19. The lowest BCUT2D eigenvalue weighted by Gasteiger charge is -2.07. The number of para-hydroxylation sites is 1. The highest BCUT2D eigenvalue weighted by molar-refractivity contribution is 5.57. The number of allylic oxidation sites excluding steroid dienone is 1. The summed E-state index contributed by atoms with van der Waals surface area (Å²) < 4.78 is 0. The molecule has 0 amide bonds. The Bertz CT molecular complexity index is 483. The van der Waals surface area contributed by atoms with Crippen molar-refractivity contribution in [2.75, 3.05) is 5.32 Å². The van der Waals surface area contributed by atoms with E-state index in [0.717, 1.165) is 5.69 Å². The number of nitrogens with zero attached hydrogens (tertiary/aromatic N) is 2. The highest BCUT2D eigenvalue weighted by atomic mass is 14.8. The normalized spacial score (nSPS) is 13.4. The summed E-state index contributed by atoms with van der Waals surface area (Å²) in [6, 6.07) is 11.7. The van der Waals surface area contributed by atoms with Gasteiger partial charge in [0.05, 0.1) is 0 Å². The molecular weight excluding hydrogens is 198 g/mol. The van der Waals surface area contributed by atoms with Crippen molar-refractivity contribution < 1.29 is 0 Å². The maximum Gasteiger partial charge on any atom is 0.145 e. The van der Waals surface area contributed by atoms with Gasteiger partial charge >= 0.3 is 0 Å². The summed E-state index contributed by atoms with van der Waals surface area (Å²) in [5.41, 5.74) is 2.35. The molecule has 0 aromatic heterocycles. The molecule has 0 bridgehead atoms.